The fraction of sp³-hybridized carbons (Fsp3) is 0.333. The normalized spacial score (nSPS) is 19.8. The van der Waals surface area contributed by atoms with Gasteiger partial charge in [-0.2, -0.15) is 13.2 Å². The van der Waals surface area contributed by atoms with Crippen molar-refractivity contribution in [1.82, 2.24) is 0 Å². The molecule has 0 bridgehead atoms. The second kappa shape index (κ2) is 4.56. The van der Waals surface area contributed by atoms with Crippen LogP contribution in [0.5, 0.6) is 0 Å². The van der Waals surface area contributed by atoms with Crippen molar-refractivity contribution in [1.29, 1.82) is 0 Å². The second-order valence-corrected chi connectivity index (χ2v) is 4.27. The molecule has 1 fully saturated rings. The zero-order valence-electron chi connectivity index (χ0n) is 9.78. The lowest BCUT2D eigenvalue weighted by Gasteiger charge is -2.23. The van der Waals surface area contributed by atoms with Gasteiger partial charge in [0.05, 0.1) is 5.56 Å². The summed E-state index contributed by atoms with van der Waals surface area (Å²) in [5.74, 6) is -1.12. The van der Waals surface area contributed by atoms with Gasteiger partial charge in [-0.15, -0.1) is 0 Å². The maximum atomic E-state index is 12.6. The molecule has 1 atom stereocenters. The molecule has 2 N–H and O–H groups in total. The number of anilines is 1. The largest absolute Gasteiger partial charge is 0.416 e. The Bertz CT molecular complexity index is 528. The lowest BCUT2D eigenvalue weighted by Crippen LogP contribution is -2.42. The third kappa shape index (κ3) is 2.54. The molecule has 1 aliphatic rings. The van der Waals surface area contributed by atoms with Gasteiger partial charge in [-0.05, 0) is 24.6 Å². The zero-order chi connectivity index (χ0) is 14.2. The van der Waals surface area contributed by atoms with Crippen LogP contribution in [-0.4, -0.2) is 17.9 Å². The molecule has 102 valence electrons. The van der Waals surface area contributed by atoms with Crippen molar-refractivity contribution in [3.63, 3.8) is 0 Å². The molecule has 1 aliphatic heterocycles. The van der Waals surface area contributed by atoms with Crippen molar-refractivity contribution in [2.45, 2.75) is 25.1 Å². The smallest absolute Gasteiger partial charge is 0.368 e. The minimum Gasteiger partial charge on any atom is -0.368 e. The van der Waals surface area contributed by atoms with Gasteiger partial charge in [0, 0.05) is 12.1 Å². The molecule has 1 saturated heterocycles. The summed E-state index contributed by atoms with van der Waals surface area (Å²) in [5.41, 5.74) is 4.33. The Labute approximate surface area is 107 Å². The highest BCUT2D eigenvalue weighted by atomic mass is 19.4. The fourth-order valence-corrected chi connectivity index (χ4v) is 2.11. The molecule has 0 spiro atoms. The lowest BCUT2D eigenvalue weighted by atomic mass is 10.1. The Morgan fingerprint density at radius 2 is 2.05 bits per heavy atom. The Balaban J connectivity index is 2.40. The Morgan fingerprint density at radius 1 is 1.37 bits per heavy atom. The number of amides is 2. The summed E-state index contributed by atoms with van der Waals surface area (Å²) in [4.78, 5) is 23.9. The van der Waals surface area contributed by atoms with Gasteiger partial charge >= 0.3 is 6.18 Å². The standard InChI is InChI=1S/C12H11F3N2O2/c13-12(14,15)7-2-1-3-8(6-7)17-9(11(16)19)4-5-10(17)18/h1-3,6,9H,4-5H2,(H2,16,19). The molecule has 4 nitrogen and oxygen atoms in total. The Kier molecular flexibility index (Phi) is 3.21. The van der Waals surface area contributed by atoms with Crippen LogP contribution in [0.2, 0.25) is 0 Å². The van der Waals surface area contributed by atoms with Crippen LogP contribution >= 0.6 is 0 Å². The second-order valence-electron chi connectivity index (χ2n) is 4.27. The van der Waals surface area contributed by atoms with Crippen LogP contribution in [0.3, 0.4) is 0 Å². The summed E-state index contributed by atoms with van der Waals surface area (Å²) in [5, 5.41) is 0. The third-order valence-electron chi connectivity index (χ3n) is 2.99. The van der Waals surface area contributed by atoms with E-state index in [-0.39, 0.29) is 18.5 Å². The minimum atomic E-state index is -4.50. The van der Waals surface area contributed by atoms with Gasteiger partial charge in [-0.3, -0.25) is 14.5 Å². The molecule has 1 heterocycles. The van der Waals surface area contributed by atoms with E-state index in [2.05, 4.69) is 0 Å². The number of halogens is 3. The molecule has 0 aliphatic carbocycles. The molecular weight excluding hydrogens is 261 g/mol. The lowest BCUT2D eigenvalue weighted by molar-refractivity contribution is -0.137. The highest BCUT2D eigenvalue weighted by Gasteiger charge is 2.37. The van der Waals surface area contributed by atoms with Crippen LogP contribution in [0.15, 0.2) is 24.3 Å². The molecule has 2 rings (SSSR count). The summed E-state index contributed by atoms with van der Waals surface area (Å²) in [6.07, 6.45) is -4.17. The summed E-state index contributed by atoms with van der Waals surface area (Å²) >= 11 is 0. The minimum absolute atomic E-state index is 0.0427. The molecule has 0 aromatic heterocycles. The molecule has 19 heavy (non-hydrogen) atoms. The maximum absolute atomic E-state index is 12.6. The quantitative estimate of drug-likeness (QED) is 0.890. The van der Waals surface area contributed by atoms with Gasteiger partial charge < -0.3 is 5.73 Å². The van der Waals surface area contributed by atoms with E-state index < -0.39 is 29.6 Å². The molecular formula is C12H11F3N2O2. The van der Waals surface area contributed by atoms with Crippen LogP contribution in [0.4, 0.5) is 18.9 Å². The van der Waals surface area contributed by atoms with Crippen molar-refractivity contribution in [3.05, 3.63) is 29.8 Å². The highest BCUT2D eigenvalue weighted by Crippen LogP contribution is 2.34. The van der Waals surface area contributed by atoms with Crippen molar-refractivity contribution in [2.75, 3.05) is 4.90 Å². The van der Waals surface area contributed by atoms with Crippen LogP contribution in [-0.2, 0) is 15.8 Å². The highest BCUT2D eigenvalue weighted by molar-refractivity contribution is 6.03. The summed E-state index contributed by atoms with van der Waals surface area (Å²) in [6.45, 7) is 0. The number of carbonyl (C=O) groups excluding carboxylic acids is 2. The number of rotatable bonds is 2. The predicted octanol–water partition coefficient (Wildman–Crippen LogP) is 1.69. The number of nitrogens with zero attached hydrogens (tertiary/aromatic N) is 1. The topological polar surface area (TPSA) is 63.4 Å². The molecule has 1 aromatic rings. The SMILES string of the molecule is NC(=O)C1CCC(=O)N1c1cccc(C(F)(F)F)c1. The molecule has 2 amide bonds. The number of hydrogen-bond acceptors (Lipinski definition) is 2. The first kappa shape index (κ1) is 13.4. The van der Waals surface area contributed by atoms with Crippen molar-refractivity contribution >= 4 is 17.5 Å². The monoisotopic (exact) mass is 272 g/mol. The number of nitrogens with two attached hydrogens (primary N) is 1. The van der Waals surface area contributed by atoms with Crippen molar-refractivity contribution in [2.24, 2.45) is 5.73 Å². The van der Waals surface area contributed by atoms with Crippen molar-refractivity contribution in [3.8, 4) is 0 Å². The van der Waals surface area contributed by atoms with E-state index >= 15 is 0 Å². The van der Waals surface area contributed by atoms with Gasteiger partial charge in [0.2, 0.25) is 11.8 Å². The van der Waals surface area contributed by atoms with Crippen LogP contribution < -0.4 is 10.6 Å². The van der Waals surface area contributed by atoms with Crippen LogP contribution in [0, 0.1) is 0 Å². The Morgan fingerprint density at radius 3 is 2.63 bits per heavy atom. The average molecular weight is 272 g/mol. The summed E-state index contributed by atoms with van der Waals surface area (Å²) in [6, 6.07) is 3.43. The van der Waals surface area contributed by atoms with E-state index in [0.717, 1.165) is 17.0 Å². The van der Waals surface area contributed by atoms with Gasteiger partial charge in [0.15, 0.2) is 0 Å². The summed E-state index contributed by atoms with van der Waals surface area (Å²) in [7, 11) is 0. The van der Waals surface area contributed by atoms with Gasteiger partial charge in [0.25, 0.3) is 0 Å². The number of primary amides is 1. The third-order valence-corrected chi connectivity index (χ3v) is 2.99. The number of hydrogen-bond donors (Lipinski definition) is 1. The average Bonchev–Trinajstić information content (AvgIpc) is 2.70. The zero-order valence-corrected chi connectivity index (χ0v) is 9.78. The van der Waals surface area contributed by atoms with E-state index in [1.807, 2.05) is 0 Å². The van der Waals surface area contributed by atoms with E-state index in [1.54, 1.807) is 0 Å². The number of benzene rings is 1. The summed E-state index contributed by atoms with van der Waals surface area (Å²) < 4.78 is 37.8. The first-order valence-electron chi connectivity index (χ1n) is 5.59. The van der Waals surface area contributed by atoms with Crippen LogP contribution in [0.1, 0.15) is 18.4 Å². The van der Waals surface area contributed by atoms with E-state index in [9.17, 15) is 22.8 Å². The van der Waals surface area contributed by atoms with Crippen LogP contribution in [0.25, 0.3) is 0 Å². The Hall–Kier alpha value is -2.05. The van der Waals surface area contributed by atoms with E-state index in [4.69, 9.17) is 5.73 Å². The van der Waals surface area contributed by atoms with E-state index in [0.29, 0.717) is 0 Å². The molecule has 1 unspecified atom stereocenters. The molecule has 1 aromatic carbocycles. The fourth-order valence-electron chi connectivity index (χ4n) is 2.11. The molecule has 7 heteroatoms. The number of alkyl halides is 3. The van der Waals surface area contributed by atoms with Gasteiger partial charge in [0.1, 0.15) is 6.04 Å². The first-order chi connectivity index (χ1) is 8.80. The predicted molar refractivity (Wildman–Crippen MR) is 61.1 cm³/mol. The first-order valence-corrected chi connectivity index (χ1v) is 5.59. The molecule has 0 radical (unpaired) electrons. The van der Waals surface area contributed by atoms with Gasteiger partial charge in [-0.1, -0.05) is 6.07 Å². The maximum Gasteiger partial charge on any atom is 0.416 e. The number of carbonyl (C=O) groups is 2. The van der Waals surface area contributed by atoms with Crippen molar-refractivity contribution < 1.29 is 22.8 Å². The van der Waals surface area contributed by atoms with E-state index in [1.165, 1.54) is 12.1 Å². The van der Waals surface area contributed by atoms with Gasteiger partial charge in [-0.25, -0.2) is 0 Å². The molecule has 0 saturated carbocycles.